The van der Waals surface area contributed by atoms with Crippen LogP contribution in [0.25, 0.3) is 0 Å². The second-order valence-corrected chi connectivity index (χ2v) is 7.57. The average molecular weight is 452 g/mol. The maximum Gasteiger partial charge on any atom is 0.339 e. The first kappa shape index (κ1) is 23.5. The monoisotopic (exact) mass is 452 g/mol. The number of sulfonamides is 1. The van der Waals surface area contributed by atoms with E-state index in [1.54, 1.807) is 0 Å². The molecule has 0 aliphatic heterocycles. The molecule has 0 saturated carbocycles. The Morgan fingerprint density at radius 1 is 0.839 bits per heavy atom. The number of nitrogens with one attached hydrogen (secondary N) is 1. The summed E-state index contributed by atoms with van der Waals surface area (Å²) >= 11 is 0. The van der Waals surface area contributed by atoms with Gasteiger partial charge >= 0.3 is 11.9 Å². The quantitative estimate of drug-likeness (QED) is 0.560. The molecule has 0 aliphatic carbocycles. The lowest BCUT2D eigenvalue weighted by Crippen LogP contribution is -2.21. The van der Waals surface area contributed by atoms with Crippen LogP contribution in [0, 0.1) is 0 Å². The van der Waals surface area contributed by atoms with Crippen molar-refractivity contribution in [1.29, 1.82) is 0 Å². The molecular formula is C19H20N2O9S. The fourth-order valence-electron chi connectivity index (χ4n) is 2.64. The van der Waals surface area contributed by atoms with Gasteiger partial charge in [-0.05, 0) is 24.3 Å². The molecule has 0 aliphatic rings. The molecule has 2 aromatic carbocycles. The zero-order valence-corrected chi connectivity index (χ0v) is 17.9. The number of amides is 1. The minimum absolute atomic E-state index is 0.113. The molecule has 0 atom stereocenters. The largest absolute Gasteiger partial charge is 0.493 e. The van der Waals surface area contributed by atoms with Crippen LogP contribution in [0.5, 0.6) is 11.5 Å². The zero-order valence-electron chi connectivity index (χ0n) is 17.0. The van der Waals surface area contributed by atoms with E-state index in [1.807, 2.05) is 0 Å². The van der Waals surface area contributed by atoms with Crippen molar-refractivity contribution < 1.29 is 41.7 Å². The molecule has 31 heavy (non-hydrogen) atoms. The Morgan fingerprint density at radius 2 is 1.42 bits per heavy atom. The van der Waals surface area contributed by atoms with Crippen molar-refractivity contribution in [2.24, 2.45) is 5.73 Å². The van der Waals surface area contributed by atoms with Crippen molar-refractivity contribution in [3.8, 4) is 11.5 Å². The number of rotatable bonds is 8. The van der Waals surface area contributed by atoms with Gasteiger partial charge in [-0.3, -0.25) is 9.52 Å². The second kappa shape index (κ2) is 9.34. The molecule has 0 saturated heterocycles. The number of esters is 2. The van der Waals surface area contributed by atoms with Crippen LogP contribution in [0.1, 0.15) is 31.1 Å². The Bertz CT molecular complexity index is 1140. The first-order valence-corrected chi connectivity index (χ1v) is 9.97. The summed E-state index contributed by atoms with van der Waals surface area (Å²) in [5.74, 6) is -2.48. The Hall–Kier alpha value is -3.80. The van der Waals surface area contributed by atoms with E-state index in [2.05, 4.69) is 14.2 Å². The fourth-order valence-corrected chi connectivity index (χ4v) is 3.93. The van der Waals surface area contributed by atoms with E-state index in [1.165, 1.54) is 32.4 Å². The Balaban J connectivity index is 2.69. The summed E-state index contributed by atoms with van der Waals surface area (Å²) in [5.41, 5.74) is 4.44. The van der Waals surface area contributed by atoms with E-state index < -0.39 is 32.8 Å². The number of hydrogen-bond acceptors (Lipinski definition) is 9. The number of carbonyl (C=O) groups is 3. The van der Waals surface area contributed by atoms with E-state index >= 15 is 0 Å². The number of primary amides is 1. The number of ether oxygens (including phenoxy) is 4. The van der Waals surface area contributed by atoms with E-state index in [4.69, 9.17) is 15.2 Å². The first-order chi connectivity index (χ1) is 14.6. The third-order valence-corrected chi connectivity index (χ3v) is 5.54. The maximum absolute atomic E-state index is 13.1. The maximum atomic E-state index is 13.1. The predicted octanol–water partition coefficient (Wildman–Crippen LogP) is 1.18. The topological polar surface area (TPSA) is 160 Å². The molecular weight excluding hydrogens is 432 g/mol. The highest BCUT2D eigenvalue weighted by Gasteiger charge is 2.27. The van der Waals surface area contributed by atoms with Gasteiger partial charge in [0.2, 0.25) is 0 Å². The summed E-state index contributed by atoms with van der Waals surface area (Å²) in [6, 6.07) is 5.66. The third-order valence-electron chi connectivity index (χ3n) is 4.13. The minimum Gasteiger partial charge on any atom is -0.493 e. The van der Waals surface area contributed by atoms with Gasteiger partial charge in [0.05, 0.1) is 50.8 Å². The van der Waals surface area contributed by atoms with Crippen molar-refractivity contribution in [2.75, 3.05) is 33.2 Å². The number of methoxy groups -OCH3 is 4. The highest BCUT2D eigenvalue weighted by atomic mass is 32.2. The van der Waals surface area contributed by atoms with Crippen molar-refractivity contribution in [2.45, 2.75) is 4.90 Å². The van der Waals surface area contributed by atoms with Crippen LogP contribution in [-0.2, 0) is 19.5 Å². The third kappa shape index (κ3) is 4.86. The summed E-state index contributed by atoms with van der Waals surface area (Å²) in [6.45, 7) is 0. The Labute approximate surface area is 178 Å². The van der Waals surface area contributed by atoms with Crippen LogP contribution in [0.4, 0.5) is 5.69 Å². The Kier molecular flexibility index (Phi) is 7.08. The van der Waals surface area contributed by atoms with Crippen LogP contribution in [0.2, 0.25) is 0 Å². The molecule has 2 aromatic rings. The smallest absolute Gasteiger partial charge is 0.339 e. The highest BCUT2D eigenvalue weighted by Crippen LogP contribution is 2.34. The van der Waals surface area contributed by atoms with Gasteiger partial charge in [-0.15, -0.1) is 0 Å². The van der Waals surface area contributed by atoms with Gasteiger partial charge in [-0.1, -0.05) is 0 Å². The van der Waals surface area contributed by atoms with Crippen LogP contribution in [-0.4, -0.2) is 54.7 Å². The van der Waals surface area contributed by atoms with Crippen molar-refractivity contribution >= 4 is 33.6 Å². The number of benzene rings is 2. The van der Waals surface area contributed by atoms with Gasteiger partial charge in [-0.25, -0.2) is 18.0 Å². The lowest BCUT2D eigenvalue weighted by atomic mass is 10.1. The predicted molar refractivity (Wildman–Crippen MR) is 108 cm³/mol. The molecule has 0 radical (unpaired) electrons. The van der Waals surface area contributed by atoms with E-state index in [0.29, 0.717) is 0 Å². The number of nitrogens with two attached hydrogens (primary N) is 1. The van der Waals surface area contributed by atoms with Crippen molar-refractivity contribution in [1.82, 2.24) is 0 Å². The second-order valence-electron chi connectivity index (χ2n) is 5.92. The summed E-state index contributed by atoms with van der Waals surface area (Å²) < 4.78 is 47.9. The summed E-state index contributed by atoms with van der Waals surface area (Å²) in [4.78, 5) is 35.3. The van der Waals surface area contributed by atoms with Gasteiger partial charge in [-0.2, -0.15) is 0 Å². The molecule has 0 aromatic heterocycles. The van der Waals surface area contributed by atoms with Crippen molar-refractivity contribution in [3.63, 3.8) is 0 Å². The van der Waals surface area contributed by atoms with Gasteiger partial charge < -0.3 is 24.7 Å². The zero-order chi connectivity index (χ0) is 23.3. The highest BCUT2D eigenvalue weighted by molar-refractivity contribution is 7.92. The molecule has 1 amide bonds. The van der Waals surface area contributed by atoms with Crippen LogP contribution < -0.4 is 19.9 Å². The molecule has 2 rings (SSSR count). The SMILES string of the molecule is COC(=O)c1ccc(C(=O)OC)c(S(=O)(=O)Nc2cc(OC)c(OC)cc2C(N)=O)c1. The normalized spacial score (nSPS) is 10.7. The lowest BCUT2D eigenvalue weighted by molar-refractivity contribution is 0.0583. The molecule has 3 N–H and O–H groups in total. The van der Waals surface area contributed by atoms with Crippen LogP contribution >= 0.6 is 0 Å². The van der Waals surface area contributed by atoms with Gasteiger partial charge in [0.25, 0.3) is 15.9 Å². The van der Waals surface area contributed by atoms with E-state index in [-0.39, 0.29) is 33.9 Å². The number of hydrogen-bond donors (Lipinski definition) is 2. The summed E-state index contributed by atoms with van der Waals surface area (Å²) in [7, 11) is 0.301. The molecule has 0 unspecified atom stereocenters. The van der Waals surface area contributed by atoms with E-state index in [0.717, 1.165) is 26.4 Å². The molecule has 12 heteroatoms. The number of carbonyl (C=O) groups excluding carboxylic acids is 3. The summed E-state index contributed by atoms with van der Waals surface area (Å²) in [5, 5.41) is 0. The summed E-state index contributed by atoms with van der Waals surface area (Å²) in [6.07, 6.45) is 0. The van der Waals surface area contributed by atoms with Crippen molar-refractivity contribution in [3.05, 3.63) is 47.0 Å². The van der Waals surface area contributed by atoms with Gasteiger partial charge in [0.15, 0.2) is 11.5 Å². The molecule has 0 fully saturated rings. The van der Waals surface area contributed by atoms with Crippen LogP contribution in [0.15, 0.2) is 35.2 Å². The van der Waals surface area contributed by atoms with Gasteiger partial charge in [0, 0.05) is 6.07 Å². The molecule has 166 valence electrons. The molecule has 0 spiro atoms. The molecule has 11 nitrogen and oxygen atoms in total. The van der Waals surface area contributed by atoms with E-state index in [9.17, 15) is 22.8 Å². The number of anilines is 1. The standard InChI is InChI=1S/C19H20N2O9S/c1-27-14-8-12(17(20)22)13(9-15(14)28-2)21-31(25,26)16-7-10(18(23)29-3)5-6-11(16)19(24)30-4/h5-9,21H,1-4H3,(H2,20,22). The van der Waals surface area contributed by atoms with Gasteiger partial charge in [0.1, 0.15) is 4.90 Å². The minimum atomic E-state index is -4.53. The molecule has 0 heterocycles. The Morgan fingerprint density at radius 3 is 1.94 bits per heavy atom. The lowest BCUT2D eigenvalue weighted by Gasteiger charge is -2.16. The fraction of sp³-hybridized carbons (Fsp3) is 0.211. The average Bonchev–Trinajstić information content (AvgIpc) is 2.76. The van der Waals surface area contributed by atoms with Crippen LogP contribution in [0.3, 0.4) is 0 Å². The molecule has 0 bridgehead atoms. The first-order valence-electron chi connectivity index (χ1n) is 8.48.